The molecule has 0 heterocycles. The molecule has 25 heavy (non-hydrogen) atoms. The molecule has 2 aliphatic carbocycles. The molecule has 136 valence electrons. The van der Waals surface area contributed by atoms with Crippen LogP contribution >= 0.6 is 0 Å². The van der Waals surface area contributed by atoms with Crippen LogP contribution in [-0.2, 0) is 4.84 Å². The highest BCUT2D eigenvalue weighted by molar-refractivity contribution is 6.00. The van der Waals surface area contributed by atoms with E-state index in [9.17, 15) is 0 Å². The fourth-order valence-corrected chi connectivity index (χ4v) is 3.17. The molecule has 0 atom stereocenters. The zero-order valence-electron chi connectivity index (χ0n) is 16.2. The summed E-state index contributed by atoms with van der Waals surface area (Å²) in [4.78, 5) is 12.6. The fourth-order valence-electron chi connectivity index (χ4n) is 3.17. The van der Waals surface area contributed by atoms with E-state index in [0.29, 0.717) is 6.10 Å². The van der Waals surface area contributed by atoms with E-state index in [2.05, 4.69) is 48.0 Å². The van der Waals surface area contributed by atoms with E-state index in [1.807, 2.05) is 20.3 Å². The molecule has 0 aliphatic heterocycles. The Balaban J connectivity index is 1.73. The molecule has 0 bridgehead atoms. The second kappa shape index (κ2) is 7.59. The van der Waals surface area contributed by atoms with E-state index in [4.69, 9.17) is 4.84 Å². The maximum atomic E-state index is 5.98. The Bertz CT molecular complexity index is 660. The van der Waals surface area contributed by atoms with Crippen LogP contribution in [0.5, 0.6) is 0 Å². The van der Waals surface area contributed by atoms with Crippen molar-refractivity contribution in [2.45, 2.75) is 59.5 Å². The van der Waals surface area contributed by atoms with Crippen molar-refractivity contribution in [2.24, 2.45) is 22.0 Å². The summed E-state index contributed by atoms with van der Waals surface area (Å²) in [6.07, 6.45) is 7.49. The normalized spacial score (nSPS) is 18.2. The van der Waals surface area contributed by atoms with Crippen LogP contribution in [0.2, 0.25) is 0 Å². The van der Waals surface area contributed by atoms with Crippen molar-refractivity contribution in [1.29, 1.82) is 0 Å². The Hall–Kier alpha value is -1.84. The molecule has 1 aromatic carbocycles. The number of oxime groups is 1. The maximum absolute atomic E-state index is 5.98. The molecular formula is C21H31N3O. The zero-order chi connectivity index (χ0) is 18.0. The topological polar surface area (TPSA) is 37.2 Å². The van der Waals surface area contributed by atoms with Crippen molar-refractivity contribution < 1.29 is 4.84 Å². The van der Waals surface area contributed by atoms with Gasteiger partial charge in [-0.25, -0.2) is 4.99 Å². The van der Waals surface area contributed by atoms with Crippen LogP contribution in [0.4, 0.5) is 5.69 Å². The molecule has 0 spiro atoms. The van der Waals surface area contributed by atoms with E-state index in [0.717, 1.165) is 40.9 Å². The first kappa shape index (κ1) is 18.0. The largest absolute Gasteiger partial charge is 0.392 e. The number of aryl methyl sites for hydroxylation is 2. The molecule has 0 saturated heterocycles. The van der Waals surface area contributed by atoms with Crippen LogP contribution in [0.1, 0.15) is 56.2 Å². The van der Waals surface area contributed by atoms with Crippen molar-refractivity contribution >= 4 is 17.7 Å². The molecule has 0 radical (unpaired) electrons. The van der Waals surface area contributed by atoms with Gasteiger partial charge in [0, 0.05) is 19.2 Å². The van der Waals surface area contributed by atoms with Gasteiger partial charge in [0.25, 0.3) is 0 Å². The monoisotopic (exact) mass is 341 g/mol. The van der Waals surface area contributed by atoms with E-state index in [1.54, 1.807) is 0 Å². The number of nitrogens with zero attached hydrogens (tertiary/aromatic N) is 3. The van der Waals surface area contributed by atoms with Crippen molar-refractivity contribution in [1.82, 2.24) is 4.90 Å². The van der Waals surface area contributed by atoms with E-state index in [-0.39, 0.29) is 0 Å². The van der Waals surface area contributed by atoms with Gasteiger partial charge in [0.1, 0.15) is 6.10 Å². The van der Waals surface area contributed by atoms with Crippen LogP contribution in [0.3, 0.4) is 0 Å². The smallest absolute Gasteiger partial charge is 0.133 e. The molecule has 4 nitrogen and oxygen atoms in total. The molecule has 0 aromatic heterocycles. The first-order valence-electron chi connectivity index (χ1n) is 9.56. The molecule has 1 aromatic rings. The van der Waals surface area contributed by atoms with Gasteiger partial charge in [-0.05, 0) is 88.5 Å². The molecule has 4 heteroatoms. The Morgan fingerprint density at radius 2 is 1.84 bits per heavy atom. The van der Waals surface area contributed by atoms with Gasteiger partial charge < -0.3 is 9.74 Å². The number of rotatable bonds is 8. The molecule has 2 aliphatic rings. The lowest BCUT2D eigenvalue weighted by Gasteiger charge is -2.15. The fraction of sp³-hybridized carbons (Fsp3) is 0.619. The average Bonchev–Trinajstić information content (AvgIpc) is 3.48. The van der Waals surface area contributed by atoms with Crippen LogP contribution in [0, 0.1) is 25.7 Å². The molecule has 0 amide bonds. The summed E-state index contributed by atoms with van der Waals surface area (Å²) < 4.78 is 0. The number of hydrogen-bond acceptors (Lipinski definition) is 3. The number of hydrogen-bond donors (Lipinski definition) is 0. The van der Waals surface area contributed by atoms with Gasteiger partial charge in [-0.3, -0.25) is 0 Å². The summed E-state index contributed by atoms with van der Waals surface area (Å²) in [5.74, 6) is 1.50. The van der Waals surface area contributed by atoms with Gasteiger partial charge in [0.15, 0.2) is 0 Å². The molecule has 3 rings (SSSR count). The standard InChI is InChI=1S/C21H31N3O/c1-6-24(5)13-22-20-12-14(2)19(11-15(20)3)16(4)23-25-21(17-7-8-17)18-9-10-18/h11-13,17-18,21H,6-10H2,1-5H3/b22-13?,23-16+. The number of benzene rings is 1. The third-order valence-corrected chi connectivity index (χ3v) is 5.31. The Kier molecular flexibility index (Phi) is 5.45. The van der Waals surface area contributed by atoms with Crippen molar-refractivity contribution in [3.8, 4) is 0 Å². The highest BCUT2D eigenvalue weighted by atomic mass is 16.6. The Morgan fingerprint density at radius 3 is 2.40 bits per heavy atom. The van der Waals surface area contributed by atoms with Gasteiger partial charge in [0.2, 0.25) is 0 Å². The minimum absolute atomic E-state index is 0.352. The first-order chi connectivity index (χ1) is 12.0. The molecule has 0 unspecified atom stereocenters. The molecule has 2 saturated carbocycles. The van der Waals surface area contributed by atoms with Crippen LogP contribution in [0.25, 0.3) is 0 Å². The predicted octanol–water partition coefficient (Wildman–Crippen LogP) is 4.84. The molecule has 2 fully saturated rings. The third-order valence-electron chi connectivity index (χ3n) is 5.31. The van der Waals surface area contributed by atoms with Gasteiger partial charge >= 0.3 is 0 Å². The van der Waals surface area contributed by atoms with E-state index in [1.165, 1.54) is 31.2 Å². The number of aliphatic imine (C=N–C) groups is 1. The zero-order valence-corrected chi connectivity index (χ0v) is 16.2. The van der Waals surface area contributed by atoms with Crippen LogP contribution in [0.15, 0.2) is 22.3 Å². The summed E-state index contributed by atoms with van der Waals surface area (Å²) in [7, 11) is 2.03. The quantitative estimate of drug-likeness (QED) is 0.385. The summed E-state index contributed by atoms with van der Waals surface area (Å²) >= 11 is 0. The summed E-state index contributed by atoms with van der Waals surface area (Å²) in [6, 6.07) is 4.32. The summed E-state index contributed by atoms with van der Waals surface area (Å²) in [5, 5.41) is 4.51. The van der Waals surface area contributed by atoms with Gasteiger partial charge in [0.05, 0.1) is 17.7 Å². The third kappa shape index (κ3) is 4.62. The Labute approximate surface area is 152 Å². The van der Waals surface area contributed by atoms with Crippen molar-refractivity contribution in [3.63, 3.8) is 0 Å². The van der Waals surface area contributed by atoms with Crippen LogP contribution < -0.4 is 0 Å². The highest BCUT2D eigenvalue weighted by Gasteiger charge is 2.43. The van der Waals surface area contributed by atoms with Crippen molar-refractivity contribution in [3.05, 3.63) is 28.8 Å². The lowest BCUT2D eigenvalue weighted by atomic mass is 10.0. The summed E-state index contributed by atoms with van der Waals surface area (Å²) in [6.45, 7) is 9.34. The minimum Gasteiger partial charge on any atom is -0.392 e. The second-order valence-corrected chi connectivity index (χ2v) is 7.69. The lowest BCUT2D eigenvalue weighted by molar-refractivity contribution is 0.0275. The van der Waals surface area contributed by atoms with Gasteiger partial charge in [-0.2, -0.15) is 0 Å². The summed E-state index contributed by atoms with van der Waals surface area (Å²) in [5.41, 5.74) is 5.50. The van der Waals surface area contributed by atoms with Crippen molar-refractivity contribution in [2.75, 3.05) is 13.6 Å². The Morgan fingerprint density at radius 1 is 1.20 bits per heavy atom. The lowest BCUT2D eigenvalue weighted by Crippen LogP contribution is -2.16. The van der Waals surface area contributed by atoms with Crippen LogP contribution in [-0.4, -0.2) is 36.6 Å². The predicted molar refractivity (Wildman–Crippen MR) is 105 cm³/mol. The maximum Gasteiger partial charge on any atom is 0.133 e. The molecule has 0 N–H and O–H groups in total. The van der Waals surface area contributed by atoms with E-state index < -0.39 is 0 Å². The minimum atomic E-state index is 0.352. The first-order valence-corrected chi connectivity index (χ1v) is 9.56. The molecular weight excluding hydrogens is 310 g/mol. The van der Waals surface area contributed by atoms with Gasteiger partial charge in [-0.1, -0.05) is 5.16 Å². The van der Waals surface area contributed by atoms with E-state index >= 15 is 0 Å². The average molecular weight is 341 g/mol. The second-order valence-electron chi connectivity index (χ2n) is 7.69. The SMILES string of the molecule is CCN(C)C=Nc1cc(C)c(/C(C)=N/OC(C2CC2)C2CC2)cc1C. The highest BCUT2D eigenvalue weighted by Crippen LogP contribution is 2.46. The van der Waals surface area contributed by atoms with Gasteiger partial charge in [-0.15, -0.1) is 0 Å².